The minimum absolute atomic E-state index is 0.126. The molecule has 0 unspecified atom stereocenters. The number of amides is 1. The molecule has 8 nitrogen and oxygen atoms in total. The van der Waals surface area contributed by atoms with Gasteiger partial charge in [0.05, 0.1) is 11.3 Å². The molecule has 0 radical (unpaired) electrons. The number of aliphatic hydroxyl groups is 1. The first kappa shape index (κ1) is 20.0. The average Bonchev–Trinajstić information content (AvgIpc) is 3.15. The summed E-state index contributed by atoms with van der Waals surface area (Å²) in [4.78, 5) is 20.4. The van der Waals surface area contributed by atoms with E-state index in [4.69, 9.17) is 15.5 Å². The Labute approximate surface area is 184 Å². The molecule has 0 bridgehead atoms. The lowest BCUT2D eigenvalue weighted by Gasteiger charge is -2.40. The maximum Gasteiger partial charge on any atom is 0.211 e. The molecule has 4 N–H and O–H groups in total. The zero-order chi connectivity index (χ0) is 22.3. The smallest absolute Gasteiger partial charge is 0.211 e. The van der Waals surface area contributed by atoms with E-state index in [0.29, 0.717) is 53.5 Å². The Morgan fingerprint density at radius 2 is 2.03 bits per heavy atom. The van der Waals surface area contributed by atoms with Gasteiger partial charge in [-0.05, 0) is 50.1 Å². The zero-order valence-corrected chi connectivity index (χ0v) is 17.5. The molecule has 0 aliphatic heterocycles. The largest absolute Gasteiger partial charge is 0.455 e. The van der Waals surface area contributed by atoms with E-state index in [9.17, 15) is 9.90 Å². The van der Waals surface area contributed by atoms with Crippen molar-refractivity contribution >= 4 is 23.4 Å². The number of para-hydroxylation sites is 1. The number of nitrogens with one attached hydrogen (secondary N) is 1. The minimum Gasteiger partial charge on any atom is -0.455 e. The Morgan fingerprint density at radius 1 is 1.25 bits per heavy atom. The first-order chi connectivity index (χ1) is 15.4. The van der Waals surface area contributed by atoms with E-state index in [1.807, 2.05) is 60.0 Å². The van der Waals surface area contributed by atoms with Crippen LogP contribution >= 0.6 is 0 Å². The third kappa shape index (κ3) is 3.54. The molecule has 32 heavy (non-hydrogen) atoms. The number of hydrogen-bond acceptors (Lipinski definition) is 6. The van der Waals surface area contributed by atoms with Gasteiger partial charge in [-0.1, -0.05) is 18.2 Å². The molecule has 2 aromatic carbocycles. The molecule has 1 fully saturated rings. The van der Waals surface area contributed by atoms with Crippen molar-refractivity contribution in [3.8, 4) is 22.8 Å². The number of nitrogen functional groups attached to an aromatic ring is 1. The highest BCUT2D eigenvalue weighted by molar-refractivity contribution is 5.88. The van der Waals surface area contributed by atoms with Crippen molar-refractivity contribution in [2.24, 2.45) is 0 Å². The van der Waals surface area contributed by atoms with Gasteiger partial charge in [0.25, 0.3) is 0 Å². The molecule has 5 rings (SSSR count). The fourth-order valence-electron chi connectivity index (χ4n) is 4.32. The highest BCUT2D eigenvalue weighted by Crippen LogP contribution is 2.45. The predicted molar refractivity (Wildman–Crippen MR) is 122 cm³/mol. The van der Waals surface area contributed by atoms with Crippen LogP contribution in [0.3, 0.4) is 0 Å². The number of carbonyl (C=O) groups excluding carboxylic acids is 1. The number of nitrogens with two attached hydrogens (primary N) is 1. The van der Waals surface area contributed by atoms with E-state index in [-0.39, 0.29) is 5.92 Å². The lowest BCUT2D eigenvalue weighted by atomic mass is 9.72. The molecule has 162 valence electrons. The number of carbonyl (C=O) groups is 1. The van der Waals surface area contributed by atoms with Crippen LogP contribution < -0.4 is 15.8 Å². The second-order valence-electron chi connectivity index (χ2n) is 8.34. The molecular formula is C24H23N5O3. The molecule has 2 heterocycles. The lowest BCUT2D eigenvalue weighted by molar-refractivity contribution is -0.105. The third-order valence-electron chi connectivity index (χ3n) is 5.79. The minimum atomic E-state index is -0.674. The van der Waals surface area contributed by atoms with Gasteiger partial charge in [-0.2, -0.15) is 0 Å². The molecule has 0 saturated heterocycles. The van der Waals surface area contributed by atoms with Gasteiger partial charge in [-0.15, -0.1) is 0 Å². The quantitative estimate of drug-likeness (QED) is 0.400. The second kappa shape index (κ2) is 7.65. The summed E-state index contributed by atoms with van der Waals surface area (Å²) in [6, 6.07) is 14.8. The van der Waals surface area contributed by atoms with Crippen LogP contribution in [-0.4, -0.2) is 31.5 Å². The van der Waals surface area contributed by atoms with Gasteiger partial charge < -0.3 is 20.9 Å². The summed E-state index contributed by atoms with van der Waals surface area (Å²) in [6.07, 6.45) is 5.36. The topological polar surface area (TPSA) is 115 Å². The highest BCUT2D eigenvalue weighted by atomic mass is 16.5. The monoisotopic (exact) mass is 429 g/mol. The predicted octanol–water partition coefficient (Wildman–Crippen LogP) is 3.97. The number of anilines is 2. The van der Waals surface area contributed by atoms with Gasteiger partial charge in [0, 0.05) is 23.9 Å². The van der Waals surface area contributed by atoms with Crippen molar-refractivity contribution in [1.29, 1.82) is 0 Å². The third-order valence-corrected chi connectivity index (χ3v) is 5.79. The van der Waals surface area contributed by atoms with Crippen molar-refractivity contribution < 1.29 is 14.6 Å². The molecule has 1 aliphatic rings. The summed E-state index contributed by atoms with van der Waals surface area (Å²) >= 11 is 0. The average molecular weight is 429 g/mol. The van der Waals surface area contributed by atoms with Crippen molar-refractivity contribution in [3.05, 3.63) is 66.7 Å². The maximum atomic E-state index is 11.3. The summed E-state index contributed by atoms with van der Waals surface area (Å²) in [7, 11) is 0. The number of imidazole rings is 1. The lowest BCUT2D eigenvalue weighted by Crippen LogP contribution is -2.40. The Bertz CT molecular complexity index is 1290. The SMILES string of the molecule is C[C@]1(O)C[C@@H](c2nc(-c3ccc(Oc4ccccc4)c(NC=O)c3)c3c(N)nccn32)C1. The molecule has 8 heteroatoms. The van der Waals surface area contributed by atoms with E-state index in [2.05, 4.69) is 10.3 Å². The molecule has 4 aromatic rings. The number of nitrogens with zero attached hydrogens (tertiary/aromatic N) is 3. The summed E-state index contributed by atoms with van der Waals surface area (Å²) in [5, 5.41) is 12.9. The Balaban J connectivity index is 1.59. The molecule has 1 saturated carbocycles. The van der Waals surface area contributed by atoms with E-state index in [1.165, 1.54) is 0 Å². The molecular weight excluding hydrogens is 406 g/mol. The molecule has 1 aliphatic carbocycles. The van der Waals surface area contributed by atoms with Crippen LogP contribution in [0.5, 0.6) is 11.5 Å². The number of ether oxygens (including phenoxy) is 1. The fourth-order valence-corrected chi connectivity index (χ4v) is 4.32. The first-order valence-electron chi connectivity index (χ1n) is 10.4. The van der Waals surface area contributed by atoms with Gasteiger partial charge in [-0.25, -0.2) is 9.97 Å². The standard InChI is InChI=1S/C24H23N5O3/c1-24(31)12-16(13-24)23-28-20(21-22(25)26-9-10-29(21)23)15-7-8-19(18(11-15)27-14-30)32-17-5-3-2-4-6-17/h2-11,14,16,31H,12-13H2,1H3,(H2,25,26)(H,27,30)/t16-,24+. The van der Waals surface area contributed by atoms with Gasteiger partial charge in [-0.3, -0.25) is 9.20 Å². The molecule has 2 aromatic heterocycles. The van der Waals surface area contributed by atoms with Crippen molar-refractivity contribution in [1.82, 2.24) is 14.4 Å². The van der Waals surface area contributed by atoms with Crippen LogP contribution in [0, 0.1) is 0 Å². The van der Waals surface area contributed by atoms with Crippen LogP contribution in [0.4, 0.5) is 11.5 Å². The zero-order valence-electron chi connectivity index (χ0n) is 17.5. The normalized spacial score (nSPS) is 20.0. The number of aromatic nitrogens is 3. The van der Waals surface area contributed by atoms with Crippen LogP contribution in [-0.2, 0) is 4.79 Å². The summed E-state index contributed by atoms with van der Waals surface area (Å²) in [5.41, 5.74) is 8.20. The fraction of sp³-hybridized carbons (Fsp3) is 0.208. The Kier molecular flexibility index (Phi) is 4.79. The highest BCUT2D eigenvalue weighted by Gasteiger charge is 2.41. The van der Waals surface area contributed by atoms with Crippen molar-refractivity contribution in [2.75, 3.05) is 11.1 Å². The van der Waals surface area contributed by atoms with Gasteiger partial charge in [0.15, 0.2) is 5.75 Å². The molecule has 0 atom stereocenters. The van der Waals surface area contributed by atoms with Crippen LogP contribution in [0.25, 0.3) is 16.8 Å². The molecule has 1 amide bonds. The van der Waals surface area contributed by atoms with Crippen molar-refractivity contribution in [2.45, 2.75) is 31.3 Å². The van der Waals surface area contributed by atoms with Crippen LogP contribution in [0.1, 0.15) is 31.5 Å². The second-order valence-corrected chi connectivity index (χ2v) is 8.34. The van der Waals surface area contributed by atoms with E-state index in [0.717, 1.165) is 11.4 Å². The Hall–Kier alpha value is -3.91. The maximum absolute atomic E-state index is 11.3. The summed E-state index contributed by atoms with van der Waals surface area (Å²) < 4.78 is 7.89. The van der Waals surface area contributed by atoms with E-state index < -0.39 is 5.60 Å². The van der Waals surface area contributed by atoms with E-state index >= 15 is 0 Å². The van der Waals surface area contributed by atoms with Crippen molar-refractivity contribution in [3.63, 3.8) is 0 Å². The summed E-state index contributed by atoms with van der Waals surface area (Å²) in [6.45, 7) is 1.83. The van der Waals surface area contributed by atoms with Gasteiger partial charge >= 0.3 is 0 Å². The number of fused-ring (bicyclic) bond motifs is 1. The number of hydrogen-bond donors (Lipinski definition) is 3. The number of rotatable bonds is 6. The van der Waals surface area contributed by atoms with Crippen LogP contribution in [0.2, 0.25) is 0 Å². The first-order valence-corrected chi connectivity index (χ1v) is 10.4. The van der Waals surface area contributed by atoms with E-state index in [1.54, 1.807) is 12.3 Å². The summed E-state index contributed by atoms with van der Waals surface area (Å²) in [5.74, 6) is 2.50. The van der Waals surface area contributed by atoms with Crippen LogP contribution in [0.15, 0.2) is 60.9 Å². The van der Waals surface area contributed by atoms with Gasteiger partial charge in [0.2, 0.25) is 6.41 Å². The number of benzene rings is 2. The Morgan fingerprint density at radius 3 is 2.75 bits per heavy atom. The molecule has 0 spiro atoms. The van der Waals surface area contributed by atoms with Gasteiger partial charge in [0.1, 0.15) is 28.6 Å².